The van der Waals surface area contributed by atoms with E-state index in [1.165, 1.54) is 30.0 Å². The van der Waals surface area contributed by atoms with Crippen LogP contribution in [-0.4, -0.2) is 47.8 Å². The van der Waals surface area contributed by atoms with Gasteiger partial charge in [0, 0.05) is 18.5 Å². The van der Waals surface area contributed by atoms with Crippen molar-refractivity contribution in [3.8, 4) is 5.75 Å². The van der Waals surface area contributed by atoms with Gasteiger partial charge < -0.3 is 14.8 Å². The van der Waals surface area contributed by atoms with Crippen LogP contribution in [0.25, 0.3) is 0 Å². The second-order valence-electron chi connectivity index (χ2n) is 8.16. The largest absolute Gasteiger partial charge is 0.493 e. The number of carbonyl (C=O) groups is 4. The highest BCUT2D eigenvalue weighted by atomic mass is 16.5. The minimum Gasteiger partial charge on any atom is -0.493 e. The number of benzene rings is 2. The van der Waals surface area contributed by atoms with Crippen LogP contribution >= 0.6 is 0 Å². The summed E-state index contributed by atoms with van der Waals surface area (Å²) in [5.74, 6) is -1.21. The fourth-order valence-corrected chi connectivity index (χ4v) is 4.00. The Labute approximate surface area is 191 Å². The molecule has 172 valence electrons. The summed E-state index contributed by atoms with van der Waals surface area (Å²) in [5, 5.41) is 2.91. The highest BCUT2D eigenvalue weighted by molar-refractivity contribution is 6.22. The summed E-state index contributed by atoms with van der Waals surface area (Å²) in [6.45, 7) is 4.29. The molecule has 0 saturated heterocycles. The number of hydrogen-bond acceptors (Lipinski definition) is 6. The van der Waals surface area contributed by atoms with Crippen LogP contribution in [-0.2, 0) is 9.53 Å². The Morgan fingerprint density at radius 1 is 1.15 bits per heavy atom. The van der Waals surface area contributed by atoms with Gasteiger partial charge in [0.15, 0.2) is 6.10 Å². The summed E-state index contributed by atoms with van der Waals surface area (Å²) in [6.07, 6.45) is 1.13. The van der Waals surface area contributed by atoms with Crippen molar-refractivity contribution in [2.24, 2.45) is 0 Å². The Balaban J connectivity index is 1.41. The van der Waals surface area contributed by atoms with Crippen LogP contribution in [0.15, 0.2) is 42.5 Å². The molecule has 2 heterocycles. The molecular weight excluding hydrogens is 424 g/mol. The van der Waals surface area contributed by atoms with E-state index in [1.54, 1.807) is 0 Å². The van der Waals surface area contributed by atoms with Crippen molar-refractivity contribution in [1.29, 1.82) is 0 Å². The van der Waals surface area contributed by atoms with Crippen LogP contribution in [0.1, 0.15) is 75.8 Å². The summed E-state index contributed by atoms with van der Waals surface area (Å²) in [5.41, 5.74) is 1.45. The number of fused-ring (bicyclic) bond motifs is 2. The predicted octanol–water partition coefficient (Wildman–Crippen LogP) is 3.27. The van der Waals surface area contributed by atoms with Crippen LogP contribution in [0.5, 0.6) is 5.75 Å². The zero-order valence-corrected chi connectivity index (χ0v) is 18.6. The second kappa shape index (κ2) is 9.44. The van der Waals surface area contributed by atoms with Crippen molar-refractivity contribution < 1.29 is 28.7 Å². The predicted molar refractivity (Wildman–Crippen MR) is 119 cm³/mol. The third-order valence-electron chi connectivity index (χ3n) is 5.87. The molecule has 0 aliphatic carbocycles. The van der Waals surface area contributed by atoms with Crippen molar-refractivity contribution in [1.82, 2.24) is 10.2 Å². The Kier molecular flexibility index (Phi) is 6.44. The van der Waals surface area contributed by atoms with Crippen LogP contribution in [0.3, 0.4) is 0 Å². The number of ether oxygens (including phenoxy) is 2. The first-order chi connectivity index (χ1) is 15.9. The first-order valence-corrected chi connectivity index (χ1v) is 11.1. The van der Waals surface area contributed by atoms with Crippen molar-refractivity contribution in [2.45, 2.75) is 45.3 Å². The van der Waals surface area contributed by atoms with Crippen LogP contribution < -0.4 is 10.1 Å². The standard InChI is InChI=1S/C25H26N2O6/c1-3-4-12-27-23(29)17-10-9-16(14-19(17)24(27)30)25(31)33-15(2)22(28)26-20-11-13-32-21-8-6-5-7-18(20)21/h5-10,14-15,20H,3-4,11-13H2,1-2H3,(H,26,28). The molecule has 8 nitrogen and oxygen atoms in total. The van der Waals surface area contributed by atoms with E-state index in [1.807, 2.05) is 31.2 Å². The molecular formula is C25H26N2O6. The van der Waals surface area contributed by atoms with Gasteiger partial charge in [-0.2, -0.15) is 0 Å². The zero-order chi connectivity index (χ0) is 23.5. The molecule has 1 N–H and O–H groups in total. The topological polar surface area (TPSA) is 102 Å². The molecule has 0 saturated carbocycles. The SMILES string of the molecule is CCCCN1C(=O)c2ccc(C(=O)OC(C)C(=O)NC3CCOc4ccccc43)cc2C1=O. The number of para-hydroxylation sites is 1. The molecule has 0 aromatic heterocycles. The Morgan fingerprint density at radius 2 is 1.91 bits per heavy atom. The average Bonchev–Trinajstić information content (AvgIpc) is 3.06. The van der Waals surface area contributed by atoms with Gasteiger partial charge in [-0.15, -0.1) is 0 Å². The molecule has 33 heavy (non-hydrogen) atoms. The minimum absolute atomic E-state index is 0.114. The zero-order valence-electron chi connectivity index (χ0n) is 18.6. The molecule has 4 rings (SSSR count). The molecule has 0 bridgehead atoms. The molecule has 3 amide bonds. The molecule has 0 spiro atoms. The molecule has 0 radical (unpaired) electrons. The number of unbranched alkanes of at least 4 members (excludes halogenated alkanes) is 1. The van der Waals surface area contributed by atoms with Crippen LogP contribution in [0, 0.1) is 0 Å². The van der Waals surface area contributed by atoms with Crippen molar-refractivity contribution >= 4 is 23.7 Å². The summed E-state index contributed by atoms with van der Waals surface area (Å²) in [4.78, 5) is 51.6. The lowest BCUT2D eigenvalue weighted by atomic mass is 10.0. The maximum absolute atomic E-state index is 12.7. The van der Waals surface area contributed by atoms with Gasteiger partial charge in [-0.05, 0) is 37.6 Å². The van der Waals surface area contributed by atoms with Gasteiger partial charge in [-0.1, -0.05) is 31.5 Å². The molecule has 2 aliphatic rings. The van der Waals surface area contributed by atoms with E-state index in [2.05, 4.69) is 5.32 Å². The van der Waals surface area contributed by atoms with Gasteiger partial charge in [0.05, 0.1) is 29.3 Å². The van der Waals surface area contributed by atoms with E-state index in [0.29, 0.717) is 26.0 Å². The highest BCUT2D eigenvalue weighted by Crippen LogP contribution is 2.31. The molecule has 2 atom stereocenters. The summed E-state index contributed by atoms with van der Waals surface area (Å²) < 4.78 is 11.0. The van der Waals surface area contributed by atoms with Crippen molar-refractivity contribution in [3.63, 3.8) is 0 Å². The molecule has 2 aliphatic heterocycles. The lowest BCUT2D eigenvalue weighted by Gasteiger charge is -2.27. The van der Waals surface area contributed by atoms with Crippen molar-refractivity contribution in [3.05, 3.63) is 64.7 Å². The number of rotatable bonds is 7. The number of nitrogens with zero attached hydrogens (tertiary/aromatic N) is 1. The van der Waals surface area contributed by atoms with E-state index < -0.39 is 23.9 Å². The smallest absolute Gasteiger partial charge is 0.338 e. The Hall–Kier alpha value is -3.68. The average molecular weight is 450 g/mol. The summed E-state index contributed by atoms with van der Waals surface area (Å²) >= 11 is 0. The monoisotopic (exact) mass is 450 g/mol. The molecule has 0 fully saturated rings. The molecule has 8 heteroatoms. The van der Waals surface area contributed by atoms with Gasteiger partial charge in [-0.25, -0.2) is 4.79 Å². The fraction of sp³-hybridized carbons (Fsp3) is 0.360. The normalized spacial score (nSPS) is 17.6. The fourth-order valence-electron chi connectivity index (χ4n) is 4.00. The lowest BCUT2D eigenvalue weighted by molar-refractivity contribution is -0.130. The van der Waals surface area contributed by atoms with Gasteiger partial charge in [0.25, 0.3) is 17.7 Å². The summed E-state index contributed by atoms with van der Waals surface area (Å²) in [7, 11) is 0. The van der Waals surface area contributed by atoms with E-state index in [0.717, 1.165) is 17.7 Å². The number of esters is 1. The number of hydrogen-bond donors (Lipinski definition) is 1. The van der Waals surface area contributed by atoms with Crippen LogP contribution in [0.2, 0.25) is 0 Å². The Bertz CT molecular complexity index is 1110. The van der Waals surface area contributed by atoms with E-state index in [9.17, 15) is 19.2 Å². The van der Waals surface area contributed by atoms with Gasteiger partial charge in [-0.3, -0.25) is 19.3 Å². The van der Waals surface area contributed by atoms with E-state index in [4.69, 9.17) is 9.47 Å². The molecule has 2 aromatic rings. The maximum atomic E-state index is 12.7. The van der Waals surface area contributed by atoms with E-state index in [-0.39, 0.29) is 28.6 Å². The lowest BCUT2D eigenvalue weighted by Crippen LogP contribution is -2.39. The highest BCUT2D eigenvalue weighted by Gasteiger charge is 2.36. The number of amides is 3. The number of imide groups is 1. The second-order valence-corrected chi connectivity index (χ2v) is 8.16. The molecule has 2 aromatic carbocycles. The van der Waals surface area contributed by atoms with Gasteiger partial charge in [0.2, 0.25) is 0 Å². The third kappa shape index (κ3) is 4.46. The third-order valence-corrected chi connectivity index (χ3v) is 5.87. The maximum Gasteiger partial charge on any atom is 0.338 e. The van der Waals surface area contributed by atoms with E-state index >= 15 is 0 Å². The Morgan fingerprint density at radius 3 is 2.70 bits per heavy atom. The number of nitrogens with one attached hydrogen (secondary N) is 1. The summed E-state index contributed by atoms with van der Waals surface area (Å²) in [6, 6.07) is 11.5. The minimum atomic E-state index is -1.04. The van der Waals surface area contributed by atoms with Crippen LogP contribution in [0.4, 0.5) is 0 Å². The first-order valence-electron chi connectivity index (χ1n) is 11.1. The quantitative estimate of drug-likeness (QED) is 0.513. The van der Waals surface area contributed by atoms with Gasteiger partial charge >= 0.3 is 5.97 Å². The first kappa shape index (κ1) is 22.5. The van der Waals surface area contributed by atoms with Gasteiger partial charge in [0.1, 0.15) is 5.75 Å². The molecule has 2 unspecified atom stereocenters. The number of carbonyl (C=O) groups excluding carboxylic acids is 4. The van der Waals surface area contributed by atoms with Crippen molar-refractivity contribution in [2.75, 3.05) is 13.2 Å².